The van der Waals surface area contributed by atoms with E-state index in [2.05, 4.69) is 42.4 Å². The lowest BCUT2D eigenvalue weighted by molar-refractivity contribution is 0.0760. The van der Waals surface area contributed by atoms with Crippen LogP contribution in [0.3, 0.4) is 0 Å². The first-order chi connectivity index (χ1) is 10.1. The van der Waals surface area contributed by atoms with Gasteiger partial charge in [-0.3, -0.25) is 4.90 Å². The fraction of sp³-hybridized carbons (Fsp3) is 0.778. The van der Waals surface area contributed by atoms with E-state index in [1.165, 1.54) is 45.3 Å². The average Bonchev–Trinajstić information content (AvgIpc) is 2.90. The second-order valence-electron chi connectivity index (χ2n) is 7.53. The number of hydrogen-bond donors (Lipinski definition) is 1. The smallest absolute Gasteiger partial charge is 0.0245 e. The molecule has 0 spiro atoms. The molecular formula is C18H30N2S. The van der Waals surface area contributed by atoms with Gasteiger partial charge in [0.1, 0.15) is 0 Å². The van der Waals surface area contributed by atoms with Crippen LogP contribution in [0, 0.1) is 11.3 Å². The maximum Gasteiger partial charge on any atom is 0.0245 e. The summed E-state index contributed by atoms with van der Waals surface area (Å²) >= 11 is 1.94. The maximum absolute atomic E-state index is 3.80. The van der Waals surface area contributed by atoms with Gasteiger partial charge in [0.25, 0.3) is 0 Å². The molecule has 2 aliphatic rings. The molecule has 1 aliphatic heterocycles. The molecule has 3 heteroatoms. The van der Waals surface area contributed by atoms with Crippen LogP contribution in [0.5, 0.6) is 0 Å². The van der Waals surface area contributed by atoms with Gasteiger partial charge in [-0.05, 0) is 54.1 Å². The predicted octanol–water partition coefficient (Wildman–Crippen LogP) is 3.91. The highest BCUT2D eigenvalue weighted by molar-refractivity contribution is 7.10. The first kappa shape index (κ1) is 15.5. The molecule has 2 atom stereocenters. The third kappa shape index (κ3) is 3.35. The highest BCUT2D eigenvalue weighted by Crippen LogP contribution is 2.39. The average molecular weight is 307 g/mol. The molecule has 118 valence electrons. The normalized spacial score (nSPS) is 29.3. The molecule has 0 saturated heterocycles. The first-order valence-electron chi connectivity index (χ1n) is 8.61. The number of rotatable bonds is 4. The molecule has 21 heavy (non-hydrogen) atoms. The van der Waals surface area contributed by atoms with Crippen LogP contribution in [-0.2, 0) is 13.0 Å². The zero-order chi connectivity index (χ0) is 14.9. The van der Waals surface area contributed by atoms with Gasteiger partial charge in [0.15, 0.2) is 0 Å². The van der Waals surface area contributed by atoms with Crippen molar-refractivity contribution in [1.29, 1.82) is 0 Å². The van der Waals surface area contributed by atoms with Crippen LogP contribution < -0.4 is 5.32 Å². The third-order valence-corrected chi connectivity index (χ3v) is 6.54. The molecule has 1 saturated carbocycles. The molecule has 0 radical (unpaired) electrons. The van der Waals surface area contributed by atoms with Gasteiger partial charge in [0.05, 0.1) is 0 Å². The third-order valence-electron chi connectivity index (χ3n) is 5.51. The van der Waals surface area contributed by atoms with Crippen molar-refractivity contribution in [2.75, 3.05) is 19.6 Å². The van der Waals surface area contributed by atoms with Crippen molar-refractivity contribution in [3.8, 4) is 0 Å². The van der Waals surface area contributed by atoms with Crippen molar-refractivity contribution in [3.05, 3.63) is 21.9 Å². The zero-order valence-corrected chi connectivity index (χ0v) is 14.6. The van der Waals surface area contributed by atoms with Crippen molar-refractivity contribution in [3.63, 3.8) is 0 Å². The Morgan fingerprint density at radius 1 is 1.43 bits per heavy atom. The van der Waals surface area contributed by atoms with Gasteiger partial charge in [0.2, 0.25) is 0 Å². The van der Waals surface area contributed by atoms with E-state index in [-0.39, 0.29) is 0 Å². The first-order valence-corrected chi connectivity index (χ1v) is 9.49. The van der Waals surface area contributed by atoms with Crippen LogP contribution in [0.15, 0.2) is 11.4 Å². The Balaban J connectivity index is 1.66. The summed E-state index contributed by atoms with van der Waals surface area (Å²) in [6.45, 7) is 12.0. The quantitative estimate of drug-likeness (QED) is 0.907. The van der Waals surface area contributed by atoms with Crippen LogP contribution in [0.4, 0.5) is 0 Å². The standard InChI is InChI=1S/C18H30N2S/c1-4-19-17-15(6-5-9-18(17,2)3)13-20-10-7-16-14(12-20)8-11-21-16/h8,11,15,17,19H,4-7,9-10,12-13H2,1-3H3. The van der Waals surface area contributed by atoms with Crippen molar-refractivity contribution in [1.82, 2.24) is 10.2 Å². The van der Waals surface area contributed by atoms with Crippen LogP contribution >= 0.6 is 11.3 Å². The molecule has 0 amide bonds. The number of nitrogens with zero attached hydrogens (tertiary/aromatic N) is 1. The lowest BCUT2D eigenvalue weighted by Gasteiger charge is -2.46. The van der Waals surface area contributed by atoms with Crippen LogP contribution in [-0.4, -0.2) is 30.6 Å². The van der Waals surface area contributed by atoms with E-state index in [0.717, 1.165) is 12.5 Å². The molecule has 0 bridgehead atoms. The fourth-order valence-corrected chi connectivity index (χ4v) is 5.32. The molecule has 1 aromatic heterocycles. The summed E-state index contributed by atoms with van der Waals surface area (Å²) in [4.78, 5) is 4.32. The van der Waals surface area contributed by atoms with Gasteiger partial charge < -0.3 is 5.32 Å². The maximum atomic E-state index is 3.80. The molecule has 1 fully saturated rings. The minimum Gasteiger partial charge on any atom is -0.313 e. The highest BCUT2D eigenvalue weighted by Gasteiger charge is 2.39. The van der Waals surface area contributed by atoms with E-state index in [9.17, 15) is 0 Å². The molecule has 2 heterocycles. The Labute approximate surface area is 133 Å². The summed E-state index contributed by atoms with van der Waals surface area (Å²) in [5.74, 6) is 0.814. The molecule has 1 N–H and O–H groups in total. The molecular weight excluding hydrogens is 276 g/mol. The Bertz CT molecular complexity index is 466. The summed E-state index contributed by atoms with van der Waals surface area (Å²) in [6.07, 6.45) is 5.43. The second-order valence-corrected chi connectivity index (χ2v) is 8.53. The summed E-state index contributed by atoms with van der Waals surface area (Å²) in [6, 6.07) is 3.01. The zero-order valence-electron chi connectivity index (χ0n) is 13.8. The molecule has 2 unspecified atom stereocenters. The van der Waals surface area contributed by atoms with Gasteiger partial charge in [-0.2, -0.15) is 0 Å². The van der Waals surface area contributed by atoms with E-state index in [4.69, 9.17) is 0 Å². The van der Waals surface area contributed by atoms with Crippen LogP contribution in [0.1, 0.15) is 50.5 Å². The Morgan fingerprint density at radius 2 is 2.29 bits per heavy atom. The molecule has 3 rings (SSSR count). The van der Waals surface area contributed by atoms with Crippen molar-refractivity contribution in [2.24, 2.45) is 11.3 Å². The fourth-order valence-electron chi connectivity index (χ4n) is 4.43. The molecule has 1 aromatic rings. The summed E-state index contributed by atoms with van der Waals surface area (Å²) in [7, 11) is 0. The van der Waals surface area contributed by atoms with E-state index >= 15 is 0 Å². The monoisotopic (exact) mass is 306 g/mol. The van der Waals surface area contributed by atoms with Gasteiger partial charge in [0, 0.05) is 30.6 Å². The molecule has 0 aromatic carbocycles. The largest absolute Gasteiger partial charge is 0.313 e. The lowest BCUT2D eigenvalue weighted by atomic mass is 9.67. The van der Waals surface area contributed by atoms with Crippen LogP contribution in [0.2, 0.25) is 0 Å². The highest BCUT2D eigenvalue weighted by atomic mass is 32.1. The van der Waals surface area contributed by atoms with E-state index in [1.54, 1.807) is 10.4 Å². The topological polar surface area (TPSA) is 15.3 Å². The van der Waals surface area contributed by atoms with Gasteiger partial charge in [-0.25, -0.2) is 0 Å². The van der Waals surface area contributed by atoms with E-state index in [0.29, 0.717) is 11.5 Å². The Morgan fingerprint density at radius 3 is 3.10 bits per heavy atom. The van der Waals surface area contributed by atoms with E-state index in [1.807, 2.05) is 11.3 Å². The lowest BCUT2D eigenvalue weighted by Crippen LogP contribution is -2.53. The minimum absolute atomic E-state index is 0.447. The van der Waals surface area contributed by atoms with Crippen LogP contribution in [0.25, 0.3) is 0 Å². The Hall–Kier alpha value is -0.380. The second kappa shape index (κ2) is 6.39. The van der Waals surface area contributed by atoms with Crippen molar-refractivity contribution < 1.29 is 0 Å². The summed E-state index contributed by atoms with van der Waals surface area (Å²) in [5.41, 5.74) is 2.03. The minimum atomic E-state index is 0.447. The van der Waals surface area contributed by atoms with Crippen molar-refractivity contribution >= 4 is 11.3 Å². The van der Waals surface area contributed by atoms with E-state index < -0.39 is 0 Å². The van der Waals surface area contributed by atoms with Crippen molar-refractivity contribution in [2.45, 2.75) is 59.0 Å². The SMILES string of the molecule is CCNC1C(CN2CCc3sccc3C2)CCCC1(C)C. The number of fused-ring (bicyclic) bond motifs is 1. The number of nitrogens with one attached hydrogen (secondary N) is 1. The predicted molar refractivity (Wildman–Crippen MR) is 91.9 cm³/mol. The number of hydrogen-bond acceptors (Lipinski definition) is 3. The summed E-state index contributed by atoms with van der Waals surface area (Å²) < 4.78 is 0. The molecule has 1 aliphatic carbocycles. The molecule has 2 nitrogen and oxygen atoms in total. The number of thiophene rings is 1. The van der Waals surface area contributed by atoms with Gasteiger partial charge >= 0.3 is 0 Å². The van der Waals surface area contributed by atoms with Gasteiger partial charge in [-0.1, -0.05) is 27.2 Å². The summed E-state index contributed by atoms with van der Waals surface area (Å²) in [5, 5.41) is 6.07. The Kier molecular flexibility index (Phi) is 4.72. The van der Waals surface area contributed by atoms with Gasteiger partial charge in [-0.15, -0.1) is 11.3 Å².